The second kappa shape index (κ2) is 9.10. The minimum atomic E-state index is -0.902. The highest BCUT2D eigenvalue weighted by Crippen LogP contribution is 2.28. The van der Waals surface area contributed by atoms with Gasteiger partial charge in [0, 0.05) is 28.7 Å². The van der Waals surface area contributed by atoms with Gasteiger partial charge in [0.15, 0.2) is 17.6 Å². The monoisotopic (exact) mass is 393 g/mol. The average molecular weight is 393 g/mol. The fourth-order valence-electron chi connectivity index (χ4n) is 2.99. The number of Topliss-reactive ketones (excluding diaryl/α,β-unsaturated/α-hetero) is 1. The van der Waals surface area contributed by atoms with Gasteiger partial charge in [0.25, 0.3) is 0 Å². The van der Waals surface area contributed by atoms with Gasteiger partial charge in [0.1, 0.15) is 0 Å². The van der Waals surface area contributed by atoms with Gasteiger partial charge in [-0.3, -0.25) is 4.79 Å². The van der Waals surface area contributed by atoms with E-state index in [0.29, 0.717) is 23.7 Å². The van der Waals surface area contributed by atoms with Crippen LogP contribution in [0.4, 0.5) is 0 Å². The molecule has 0 saturated carbocycles. The van der Waals surface area contributed by atoms with Crippen molar-refractivity contribution in [1.82, 2.24) is 4.98 Å². The standard InChI is InChI=1S/C23H23NO5/c1-4-28-21-13-16(9-11-20(21)27-3)10-12-22(25)29-15(2)23(26)18-14-24-19-8-6-5-7-17(18)19/h5-15,24H,4H2,1-3H3/b12-10+/t15-/m0/s1. The Morgan fingerprint density at radius 1 is 1.14 bits per heavy atom. The van der Waals surface area contributed by atoms with Crippen molar-refractivity contribution in [1.29, 1.82) is 0 Å². The Kier molecular flexibility index (Phi) is 6.34. The van der Waals surface area contributed by atoms with Crippen LogP contribution < -0.4 is 9.47 Å². The van der Waals surface area contributed by atoms with Crippen molar-refractivity contribution in [3.63, 3.8) is 0 Å². The molecule has 3 rings (SSSR count). The van der Waals surface area contributed by atoms with Crippen molar-refractivity contribution in [2.45, 2.75) is 20.0 Å². The Hall–Kier alpha value is -3.54. The van der Waals surface area contributed by atoms with Gasteiger partial charge in [-0.2, -0.15) is 0 Å². The van der Waals surface area contributed by atoms with Gasteiger partial charge < -0.3 is 19.2 Å². The van der Waals surface area contributed by atoms with E-state index < -0.39 is 12.1 Å². The predicted molar refractivity (Wildman–Crippen MR) is 111 cm³/mol. The molecule has 0 aliphatic carbocycles. The van der Waals surface area contributed by atoms with Crippen molar-refractivity contribution in [3.05, 3.63) is 65.9 Å². The topological polar surface area (TPSA) is 77.6 Å². The van der Waals surface area contributed by atoms with E-state index in [1.54, 1.807) is 44.5 Å². The minimum absolute atomic E-state index is 0.257. The van der Waals surface area contributed by atoms with Crippen molar-refractivity contribution in [3.8, 4) is 11.5 Å². The molecule has 6 heteroatoms. The molecular formula is C23H23NO5. The summed E-state index contributed by atoms with van der Waals surface area (Å²) in [7, 11) is 1.57. The lowest BCUT2D eigenvalue weighted by atomic mass is 10.1. The number of rotatable bonds is 8. The van der Waals surface area contributed by atoms with Gasteiger partial charge in [0.2, 0.25) is 5.78 Å². The molecule has 2 aromatic carbocycles. The Morgan fingerprint density at radius 2 is 1.93 bits per heavy atom. The van der Waals surface area contributed by atoms with E-state index in [1.807, 2.05) is 31.2 Å². The highest BCUT2D eigenvalue weighted by atomic mass is 16.5. The lowest BCUT2D eigenvalue weighted by Gasteiger charge is -2.11. The van der Waals surface area contributed by atoms with Crippen LogP contribution in [0.5, 0.6) is 11.5 Å². The number of nitrogens with one attached hydrogen (secondary N) is 1. The van der Waals surface area contributed by atoms with E-state index in [1.165, 1.54) is 6.08 Å². The van der Waals surface area contributed by atoms with Crippen LogP contribution in [0.2, 0.25) is 0 Å². The van der Waals surface area contributed by atoms with Gasteiger partial charge in [-0.25, -0.2) is 4.79 Å². The lowest BCUT2D eigenvalue weighted by molar-refractivity contribution is -0.140. The Labute approximate surface area is 169 Å². The predicted octanol–water partition coefficient (Wildman–Crippen LogP) is 4.40. The van der Waals surface area contributed by atoms with Gasteiger partial charge in [-0.05, 0) is 43.7 Å². The average Bonchev–Trinajstić information content (AvgIpc) is 3.16. The number of ether oxygens (including phenoxy) is 3. The maximum atomic E-state index is 12.7. The van der Waals surface area contributed by atoms with Crippen molar-refractivity contribution in [2.75, 3.05) is 13.7 Å². The molecule has 1 N–H and O–H groups in total. The Bertz CT molecular complexity index is 1050. The number of aromatic nitrogens is 1. The second-order valence-electron chi connectivity index (χ2n) is 6.37. The normalized spacial score (nSPS) is 12.1. The molecule has 0 bridgehead atoms. The third kappa shape index (κ3) is 4.66. The number of para-hydroxylation sites is 1. The molecular weight excluding hydrogens is 370 g/mol. The van der Waals surface area contributed by atoms with Crippen molar-refractivity contribution in [2.24, 2.45) is 0 Å². The number of carbonyl (C=O) groups excluding carboxylic acids is 2. The molecule has 0 saturated heterocycles. The first-order chi connectivity index (χ1) is 14.0. The van der Waals surface area contributed by atoms with Gasteiger partial charge in [-0.15, -0.1) is 0 Å². The number of fused-ring (bicyclic) bond motifs is 1. The lowest BCUT2D eigenvalue weighted by Crippen LogP contribution is -2.23. The molecule has 0 fully saturated rings. The summed E-state index contributed by atoms with van der Waals surface area (Å²) in [5.41, 5.74) is 2.11. The van der Waals surface area contributed by atoms with Crippen LogP contribution in [-0.4, -0.2) is 36.6 Å². The molecule has 0 aliphatic heterocycles. The minimum Gasteiger partial charge on any atom is -0.493 e. The van der Waals surface area contributed by atoms with E-state index in [4.69, 9.17) is 14.2 Å². The number of methoxy groups -OCH3 is 1. The van der Waals surface area contributed by atoms with E-state index in [2.05, 4.69) is 4.98 Å². The Balaban J connectivity index is 1.67. The van der Waals surface area contributed by atoms with E-state index in [0.717, 1.165) is 16.5 Å². The van der Waals surface area contributed by atoms with Gasteiger partial charge in [-0.1, -0.05) is 24.3 Å². The first-order valence-electron chi connectivity index (χ1n) is 9.33. The van der Waals surface area contributed by atoms with Gasteiger partial charge >= 0.3 is 5.97 Å². The van der Waals surface area contributed by atoms with Crippen LogP contribution >= 0.6 is 0 Å². The number of hydrogen-bond acceptors (Lipinski definition) is 5. The largest absolute Gasteiger partial charge is 0.493 e. The van der Waals surface area contributed by atoms with Crippen LogP contribution in [0.25, 0.3) is 17.0 Å². The molecule has 0 radical (unpaired) electrons. The molecule has 0 unspecified atom stereocenters. The summed E-state index contributed by atoms with van der Waals surface area (Å²) in [6, 6.07) is 12.8. The van der Waals surface area contributed by atoms with E-state index >= 15 is 0 Å². The van der Waals surface area contributed by atoms with Crippen LogP contribution in [0, 0.1) is 0 Å². The zero-order valence-electron chi connectivity index (χ0n) is 16.6. The molecule has 6 nitrogen and oxygen atoms in total. The summed E-state index contributed by atoms with van der Waals surface area (Å²) < 4.78 is 16.1. The number of esters is 1. The maximum absolute atomic E-state index is 12.7. The number of hydrogen-bond donors (Lipinski definition) is 1. The Morgan fingerprint density at radius 3 is 2.69 bits per heavy atom. The second-order valence-corrected chi connectivity index (χ2v) is 6.37. The molecule has 1 atom stereocenters. The van der Waals surface area contributed by atoms with Crippen LogP contribution in [0.1, 0.15) is 29.8 Å². The zero-order chi connectivity index (χ0) is 20.8. The van der Waals surface area contributed by atoms with E-state index in [-0.39, 0.29) is 5.78 Å². The highest BCUT2D eigenvalue weighted by molar-refractivity contribution is 6.10. The fraction of sp³-hybridized carbons (Fsp3) is 0.217. The van der Waals surface area contributed by atoms with Crippen LogP contribution in [-0.2, 0) is 9.53 Å². The van der Waals surface area contributed by atoms with Crippen molar-refractivity contribution < 1.29 is 23.8 Å². The number of H-pyrrole nitrogens is 1. The molecule has 29 heavy (non-hydrogen) atoms. The number of aromatic amines is 1. The summed E-state index contributed by atoms with van der Waals surface area (Å²) in [4.78, 5) is 27.9. The van der Waals surface area contributed by atoms with Crippen LogP contribution in [0.15, 0.2) is 54.7 Å². The number of ketones is 1. The first-order valence-corrected chi connectivity index (χ1v) is 9.33. The quantitative estimate of drug-likeness (QED) is 0.349. The zero-order valence-corrected chi connectivity index (χ0v) is 16.6. The summed E-state index contributed by atoms with van der Waals surface area (Å²) in [5, 5.41) is 0.803. The third-order valence-corrected chi connectivity index (χ3v) is 4.42. The third-order valence-electron chi connectivity index (χ3n) is 4.42. The first kappa shape index (κ1) is 20.2. The van der Waals surface area contributed by atoms with Crippen molar-refractivity contribution >= 4 is 28.7 Å². The molecule has 150 valence electrons. The smallest absolute Gasteiger partial charge is 0.331 e. The van der Waals surface area contributed by atoms with E-state index in [9.17, 15) is 9.59 Å². The fourth-order valence-corrected chi connectivity index (χ4v) is 2.99. The maximum Gasteiger partial charge on any atom is 0.331 e. The van der Waals surface area contributed by atoms with Gasteiger partial charge in [0.05, 0.1) is 13.7 Å². The molecule has 0 aliphatic rings. The van der Waals surface area contributed by atoms with Crippen LogP contribution in [0.3, 0.4) is 0 Å². The molecule has 1 heterocycles. The SMILES string of the molecule is CCOc1cc(/C=C/C(=O)O[C@@H](C)C(=O)c2c[nH]c3ccccc23)ccc1OC. The molecule has 0 amide bonds. The molecule has 1 aromatic heterocycles. The molecule has 3 aromatic rings. The molecule has 0 spiro atoms. The summed E-state index contributed by atoms with van der Waals surface area (Å²) in [6.07, 6.45) is 3.63. The number of benzene rings is 2. The summed E-state index contributed by atoms with van der Waals surface area (Å²) >= 11 is 0. The summed E-state index contributed by atoms with van der Waals surface area (Å²) in [6.45, 7) is 3.95. The summed E-state index contributed by atoms with van der Waals surface area (Å²) in [5.74, 6) is 0.352. The highest BCUT2D eigenvalue weighted by Gasteiger charge is 2.21. The number of carbonyl (C=O) groups is 2.